The van der Waals surface area contributed by atoms with E-state index in [4.69, 9.17) is 4.74 Å². The van der Waals surface area contributed by atoms with Crippen LogP contribution < -0.4 is 5.32 Å². The lowest BCUT2D eigenvalue weighted by atomic mass is 9.87. The lowest BCUT2D eigenvalue weighted by Gasteiger charge is -2.31. The van der Waals surface area contributed by atoms with Crippen LogP contribution in [0.3, 0.4) is 0 Å². The summed E-state index contributed by atoms with van der Waals surface area (Å²) >= 11 is 0. The van der Waals surface area contributed by atoms with Crippen LogP contribution in [0.2, 0.25) is 0 Å². The van der Waals surface area contributed by atoms with E-state index >= 15 is 0 Å². The Kier molecular flexibility index (Phi) is 5.41. The summed E-state index contributed by atoms with van der Waals surface area (Å²) in [6.07, 6.45) is 2.46. The molecule has 2 unspecified atom stereocenters. The van der Waals surface area contributed by atoms with Crippen molar-refractivity contribution in [3.63, 3.8) is 0 Å². The monoisotopic (exact) mass is 261 g/mol. The molecule has 0 saturated carbocycles. The van der Waals surface area contributed by atoms with Crippen molar-refractivity contribution in [3.8, 4) is 0 Å². The molecule has 0 bridgehead atoms. The molecule has 1 fully saturated rings. The predicted octanol–water partition coefficient (Wildman–Crippen LogP) is 3.89. The highest BCUT2D eigenvalue weighted by Crippen LogP contribution is 2.29. The number of rotatable bonds is 5. The number of ether oxygens (including phenoxy) is 1. The molecule has 2 nitrogen and oxygen atoms in total. The minimum Gasteiger partial charge on any atom is -0.381 e. The molecule has 106 valence electrons. The number of nitrogens with one attached hydrogen (secondary N) is 1. The van der Waals surface area contributed by atoms with Crippen molar-refractivity contribution >= 4 is 0 Å². The molecule has 0 amide bonds. The topological polar surface area (TPSA) is 21.3 Å². The Labute approximate surface area is 117 Å². The Hall–Kier alpha value is -0.860. The van der Waals surface area contributed by atoms with Gasteiger partial charge in [-0.2, -0.15) is 0 Å². The molecule has 0 aliphatic carbocycles. The molecule has 2 rings (SSSR count). The van der Waals surface area contributed by atoms with Gasteiger partial charge in [-0.05, 0) is 36.4 Å². The first kappa shape index (κ1) is 14.5. The first-order chi connectivity index (χ1) is 9.22. The molecule has 1 aliphatic heterocycles. The van der Waals surface area contributed by atoms with E-state index in [-0.39, 0.29) is 0 Å². The lowest BCUT2D eigenvalue weighted by molar-refractivity contribution is 0.0393. The molecule has 1 aliphatic rings. The summed E-state index contributed by atoms with van der Waals surface area (Å²) < 4.78 is 5.65. The van der Waals surface area contributed by atoms with Crippen molar-refractivity contribution in [2.75, 3.05) is 19.8 Å². The largest absolute Gasteiger partial charge is 0.381 e. The van der Waals surface area contributed by atoms with Crippen LogP contribution >= 0.6 is 0 Å². The van der Waals surface area contributed by atoms with Gasteiger partial charge in [0.1, 0.15) is 0 Å². The Morgan fingerprint density at radius 2 is 1.89 bits per heavy atom. The van der Waals surface area contributed by atoms with Crippen LogP contribution in [-0.4, -0.2) is 19.8 Å². The maximum Gasteiger partial charge on any atom is 0.0512 e. The van der Waals surface area contributed by atoms with Crippen LogP contribution in [0.4, 0.5) is 0 Å². The molecule has 1 aromatic carbocycles. The van der Waals surface area contributed by atoms with Gasteiger partial charge in [-0.15, -0.1) is 0 Å². The number of benzene rings is 1. The molecular formula is C17H27NO. The fraction of sp³-hybridized carbons (Fsp3) is 0.647. The van der Waals surface area contributed by atoms with Gasteiger partial charge in [0.25, 0.3) is 0 Å². The Morgan fingerprint density at radius 1 is 1.21 bits per heavy atom. The van der Waals surface area contributed by atoms with Crippen LogP contribution in [0.25, 0.3) is 0 Å². The van der Waals surface area contributed by atoms with Gasteiger partial charge in [0.2, 0.25) is 0 Å². The zero-order chi connectivity index (χ0) is 13.7. The Balaban J connectivity index is 2.13. The first-order valence-electron chi connectivity index (χ1n) is 7.63. The van der Waals surface area contributed by atoms with Crippen LogP contribution in [0.5, 0.6) is 0 Å². The lowest BCUT2D eigenvalue weighted by Crippen LogP contribution is -2.33. The third kappa shape index (κ3) is 3.80. The highest BCUT2D eigenvalue weighted by atomic mass is 16.5. The summed E-state index contributed by atoms with van der Waals surface area (Å²) in [4.78, 5) is 0. The zero-order valence-corrected chi connectivity index (χ0v) is 12.5. The Bertz CT molecular complexity index is 365. The average Bonchev–Trinajstić information content (AvgIpc) is 2.46. The predicted molar refractivity (Wildman–Crippen MR) is 80.5 cm³/mol. The van der Waals surface area contributed by atoms with Gasteiger partial charge in [-0.1, -0.05) is 45.0 Å². The normalized spacial score (nSPS) is 21.6. The van der Waals surface area contributed by atoms with Crippen molar-refractivity contribution < 1.29 is 4.74 Å². The van der Waals surface area contributed by atoms with Crippen molar-refractivity contribution in [3.05, 3.63) is 35.4 Å². The third-order valence-electron chi connectivity index (χ3n) is 4.05. The van der Waals surface area contributed by atoms with Crippen LogP contribution in [0.1, 0.15) is 56.7 Å². The summed E-state index contributed by atoms with van der Waals surface area (Å²) in [5.41, 5.74) is 2.82. The SMILES string of the molecule is CCNC(c1ccc(C(C)C)cc1)C1CCCOC1. The van der Waals surface area contributed by atoms with E-state index in [1.54, 1.807) is 0 Å². The number of hydrogen-bond donors (Lipinski definition) is 1. The van der Waals surface area contributed by atoms with E-state index in [2.05, 4.69) is 50.4 Å². The fourth-order valence-electron chi connectivity index (χ4n) is 2.89. The minimum atomic E-state index is 0.437. The second-order valence-electron chi connectivity index (χ2n) is 5.83. The van der Waals surface area contributed by atoms with Gasteiger partial charge in [0.05, 0.1) is 6.61 Å². The third-order valence-corrected chi connectivity index (χ3v) is 4.05. The van der Waals surface area contributed by atoms with Gasteiger partial charge in [0, 0.05) is 18.6 Å². The van der Waals surface area contributed by atoms with Crippen LogP contribution in [-0.2, 0) is 4.74 Å². The molecule has 2 atom stereocenters. The van der Waals surface area contributed by atoms with E-state index in [9.17, 15) is 0 Å². The molecule has 0 spiro atoms. The fourth-order valence-corrected chi connectivity index (χ4v) is 2.89. The highest BCUT2D eigenvalue weighted by Gasteiger charge is 2.24. The standard InChI is InChI=1S/C17H27NO/c1-4-18-17(16-6-5-11-19-12-16)15-9-7-14(8-10-15)13(2)3/h7-10,13,16-18H,4-6,11-12H2,1-3H3. The van der Waals surface area contributed by atoms with Gasteiger partial charge in [0.15, 0.2) is 0 Å². The van der Waals surface area contributed by atoms with E-state index in [0.29, 0.717) is 17.9 Å². The first-order valence-corrected chi connectivity index (χ1v) is 7.63. The second kappa shape index (κ2) is 7.06. The molecule has 1 heterocycles. The Morgan fingerprint density at radius 3 is 2.42 bits per heavy atom. The number of hydrogen-bond acceptors (Lipinski definition) is 2. The van der Waals surface area contributed by atoms with Crippen molar-refractivity contribution in [2.24, 2.45) is 5.92 Å². The molecule has 2 heteroatoms. The van der Waals surface area contributed by atoms with Crippen molar-refractivity contribution in [1.29, 1.82) is 0 Å². The smallest absolute Gasteiger partial charge is 0.0512 e. The molecule has 1 saturated heterocycles. The summed E-state index contributed by atoms with van der Waals surface area (Å²) in [6.45, 7) is 9.50. The van der Waals surface area contributed by atoms with Crippen molar-refractivity contribution in [1.82, 2.24) is 5.32 Å². The van der Waals surface area contributed by atoms with Crippen molar-refractivity contribution in [2.45, 2.75) is 45.6 Å². The summed E-state index contributed by atoms with van der Waals surface area (Å²) in [5, 5.41) is 3.64. The zero-order valence-electron chi connectivity index (χ0n) is 12.5. The van der Waals surface area contributed by atoms with Gasteiger partial charge in [-0.3, -0.25) is 0 Å². The second-order valence-corrected chi connectivity index (χ2v) is 5.83. The molecule has 19 heavy (non-hydrogen) atoms. The van der Waals surface area contributed by atoms with E-state index < -0.39 is 0 Å². The summed E-state index contributed by atoms with van der Waals surface area (Å²) in [5.74, 6) is 1.21. The molecule has 1 aromatic rings. The van der Waals surface area contributed by atoms with Gasteiger partial charge < -0.3 is 10.1 Å². The molecular weight excluding hydrogens is 234 g/mol. The quantitative estimate of drug-likeness (QED) is 0.868. The average molecular weight is 261 g/mol. The molecule has 0 radical (unpaired) electrons. The highest BCUT2D eigenvalue weighted by molar-refractivity contribution is 5.27. The van der Waals surface area contributed by atoms with Gasteiger partial charge in [-0.25, -0.2) is 0 Å². The summed E-state index contributed by atoms with van der Waals surface area (Å²) in [7, 11) is 0. The molecule has 1 N–H and O–H groups in total. The minimum absolute atomic E-state index is 0.437. The van der Waals surface area contributed by atoms with Crippen LogP contribution in [0, 0.1) is 5.92 Å². The van der Waals surface area contributed by atoms with E-state index in [0.717, 1.165) is 19.8 Å². The van der Waals surface area contributed by atoms with E-state index in [1.165, 1.54) is 24.0 Å². The summed E-state index contributed by atoms with van der Waals surface area (Å²) in [6, 6.07) is 9.56. The molecule has 0 aromatic heterocycles. The maximum atomic E-state index is 5.65. The van der Waals surface area contributed by atoms with Crippen LogP contribution in [0.15, 0.2) is 24.3 Å². The van der Waals surface area contributed by atoms with E-state index in [1.807, 2.05) is 0 Å². The maximum absolute atomic E-state index is 5.65. The van der Waals surface area contributed by atoms with Gasteiger partial charge >= 0.3 is 0 Å².